The minimum absolute atomic E-state index is 0.181. The maximum Gasteiger partial charge on any atom is 0.230 e. The second-order valence-electron chi connectivity index (χ2n) is 8.24. The first-order valence-electron chi connectivity index (χ1n) is 10.3. The molecule has 1 aliphatic carbocycles. The Hall–Kier alpha value is -1.35. The standard InChI is InChI=1S/C22H34N2O/c1-3-4-5-17-6-9-19(10-7-17)22(25)24-13-12-20-15-18(14-16(2)23)8-11-21(20)24/h8,11,15-17,19H,3-7,9-10,12-14,23H2,1-2H3. The average molecular weight is 343 g/mol. The number of amides is 1. The van der Waals surface area contributed by atoms with E-state index >= 15 is 0 Å². The molecule has 25 heavy (non-hydrogen) atoms. The van der Waals surface area contributed by atoms with Crippen LogP contribution in [0.5, 0.6) is 0 Å². The molecule has 0 bridgehead atoms. The van der Waals surface area contributed by atoms with Crippen molar-refractivity contribution < 1.29 is 4.79 Å². The summed E-state index contributed by atoms with van der Waals surface area (Å²) in [6.45, 7) is 5.16. The molecule has 0 aromatic heterocycles. The fraction of sp³-hybridized carbons (Fsp3) is 0.682. The largest absolute Gasteiger partial charge is 0.328 e. The van der Waals surface area contributed by atoms with Crippen LogP contribution < -0.4 is 10.6 Å². The van der Waals surface area contributed by atoms with Gasteiger partial charge < -0.3 is 10.6 Å². The molecular weight excluding hydrogens is 308 g/mol. The van der Waals surface area contributed by atoms with Gasteiger partial charge in [-0.2, -0.15) is 0 Å². The van der Waals surface area contributed by atoms with Crippen molar-refractivity contribution in [2.24, 2.45) is 17.6 Å². The van der Waals surface area contributed by atoms with Gasteiger partial charge in [0.05, 0.1) is 0 Å². The van der Waals surface area contributed by atoms with E-state index in [0.717, 1.165) is 43.8 Å². The van der Waals surface area contributed by atoms with Crippen LogP contribution in [0, 0.1) is 11.8 Å². The van der Waals surface area contributed by atoms with Gasteiger partial charge >= 0.3 is 0 Å². The lowest BCUT2D eigenvalue weighted by atomic mass is 9.79. The van der Waals surface area contributed by atoms with Crippen LogP contribution in [-0.2, 0) is 17.6 Å². The Kier molecular flexibility index (Phi) is 6.16. The number of nitrogens with zero attached hydrogens (tertiary/aromatic N) is 1. The quantitative estimate of drug-likeness (QED) is 0.829. The molecule has 3 heteroatoms. The molecule has 1 aliphatic heterocycles. The van der Waals surface area contributed by atoms with Crippen molar-refractivity contribution in [1.29, 1.82) is 0 Å². The Bertz CT molecular complexity index is 588. The molecule has 138 valence electrons. The molecule has 1 amide bonds. The zero-order valence-electron chi connectivity index (χ0n) is 16.0. The van der Waals surface area contributed by atoms with Crippen LogP contribution in [0.15, 0.2) is 18.2 Å². The molecule has 0 radical (unpaired) electrons. The number of anilines is 1. The highest BCUT2D eigenvalue weighted by atomic mass is 16.2. The third-order valence-corrected chi connectivity index (χ3v) is 6.03. The summed E-state index contributed by atoms with van der Waals surface area (Å²) in [6.07, 6.45) is 10.5. The van der Waals surface area contributed by atoms with Crippen LogP contribution >= 0.6 is 0 Å². The van der Waals surface area contributed by atoms with E-state index in [-0.39, 0.29) is 12.0 Å². The van der Waals surface area contributed by atoms with E-state index in [1.807, 2.05) is 6.92 Å². The summed E-state index contributed by atoms with van der Waals surface area (Å²) in [6, 6.07) is 6.73. The molecule has 3 nitrogen and oxygen atoms in total. The average Bonchev–Trinajstić information content (AvgIpc) is 3.02. The van der Waals surface area contributed by atoms with Crippen molar-refractivity contribution in [1.82, 2.24) is 0 Å². The van der Waals surface area contributed by atoms with Gasteiger partial charge in [0, 0.05) is 24.2 Å². The first-order valence-corrected chi connectivity index (χ1v) is 10.3. The monoisotopic (exact) mass is 342 g/mol. The highest BCUT2D eigenvalue weighted by molar-refractivity contribution is 5.97. The fourth-order valence-corrected chi connectivity index (χ4v) is 4.59. The van der Waals surface area contributed by atoms with Gasteiger partial charge in [-0.15, -0.1) is 0 Å². The minimum atomic E-state index is 0.181. The molecule has 0 saturated heterocycles. The summed E-state index contributed by atoms with van der Waals surface area (Å²) >= 11 is 0. The maximum atomic E-state index is 13.1. The Morgan fingerprint density at radius 3 is 2.72 bits per heavy atom. The molecule has 3 rings (SSSR count). The number of hydrogen-bond acceptors (Lipinski definition) is 2. The summed E-state index contributed by atoms with van der Waals surface area (Å²) in [5, 5.41) is 0. The predicted octanol–water partition coefficient (Wildman–Crippen LogP) is 4.46. The molecule has 1 aromatic carbocycles. The van der Waals surface area contributed by atoms with Crippen molar-refractivity contribution >= 4 is 11.6 Å². The topological polar surface area (TPSA) is 46.3 Å². The summed E-state index contributed by atoms with van der Waals surface area (Å²) in [4.78, 5) is 15.1. The first-order chi connectivity index (χ1) is 12.1. The highest BCUT2D eigenvalue weighted by Gasteiger charge is 2.32. The van der Waals surface area contributed by atoms with Gasteiger partial charge in [-0.3, -0.25) is 4.79 Å². The van der Waals surface area contributed by atoms with Crippen LogP contribution in [0.3, 0.4) is 0 Å². The molecule has 2 aliphatic rings. The molecule has 2 N–H and O–H groups in total. The van der Waals surface area contributed by atoms with Crippen molar-refractivity contribution in [2.75, 3.05) is 11.4 Å². The molecule has 0 spiro atoms. The summed E-state index contributed by atoms with van der Waals surface area (Å²) < 4.78 is 0. The summed E-state index contributed by atoms with van der Waals surface area (Å²) in [7, 11) is 0. The molecule has 1 saturated carbocycles. The second kappa shape index (κ2) is 8.35. The van der Waals surface area contributed by atoms with Crippen LogP contribution in [0.2, 0.25) is 0 Å². The normalized spacial score (nSPS) is 24.2. The van der Waals surface area contributed by atoms with E-state index in [4.69, 9.17) is 5.73 Å². The number of nitrogens with two attached hydrogens (primary N) is 1. The van der Waals surface area contributed by atoms with E-state index in [9.17, 15) is 4.79 Å². The molecule has 1 aromatic rings. The zero-order valence-corrected chi connectivity index (χ0v) is 16.0. The Morgan fingerprint density at radius 1 is 1.28 bits per heavy atom. The van der Waals surface area contributed by atoms with Crippen molar-refractivity contribution in [3.8, 4) is 0 Å². The van der Waals surface area contributed by atoms with Crippen LogP contribution in [0.25, 0.3) is 0 Å². The molecule has 1 fully saturated rings. The second-order valence-corrected chi connectivity index (χ2v) is 8.24. The van der Waals surface area contributed by atoms with E-state index < -0.39 is 0 Å². The van der Waals surface area contributed by atoms with E-state index in [1.165, 1.54) is 43.2 Å². The molecule has 1 atom stereocenters. The zero-order chi connectivity index (χ0) is 17.8. The van der Waals surface area contributed by atoms with E-state index in [1.54, 1.807) is 0 Å². The van der Waals surface area contributed by atoms with Gasteiger partial charge in [0.15, 0.2) is 0 Å². The van der Waals surface area contributed by atoms with E-state index in [0.29, 0.717) is 5.91 Å². The van der Waals surface area contributed by atoms with Gasteiger partial charge in [-0.25, -0.2) is 0 Å². The highest BCUT2D eigenvalue weighted by Crippen LogP contribution is 2.36. The van der Waals surface area contributed by atoms with Crippen LogP contribution in [0.4, 0.5) is 5.69 Å². The number of rotatable bonds is 6. The van der Waals surface area contributed by atoms with E-state index in [2.05, 4.69) is 30.0 Å². The lowest BCUT2D eigenvalue weighted by Gasteiger charge is -2.30. The molecular formula is C22H34N2O. The maximum absolute atomic E-state index is 13.1. The lowest BCUT2D eigenvalue weighted by molar-refractivity contribution is -0.123. The minimum Gasteiger partial charge on any atom is -0.328 e. The van der Waals surface area contributed by atoms with Gasteiger partial charge in [-0.05, 0) is 68.6 Å². The van der Waals surface area contributed by atoms with Gasteiger partial charge in [0.1, 0.15) is 0 Å². The summed E-state index contributed by atoms with van der Waals surface area (Å²) in [5.74, 6) is 1.47. The Balaban J connectivity index is 1.60. The smallest absolute Gasteiger partial charge is 0.230 e. The fourth-order valence-electron chi connectivity index (χ4n) is 4.59. The van der Waals surface area contributed by atoms with Crippen molar-refractivity contribution in [3.05, 3.63) is 29.3 Å². The molecule has 1 unspecified atom stereocenters. The van der Waals surface area contributed by atoms with Crippen LogP contribution in [0.1, 0.15) is 69.9 Å². The Morgan fingerprint density at radius 2 is 2.04 bits per heavy atom. The lowest BCUT2D eigenvalue weighted by Crippen LogP contribution is -2.36. The number of benzene rings is 1. The number of hydrogen-bond donors (Lipinski definition) is 1. The number of carbonyl (C=O) groups excluding carboxylic acids is 1. The first kappa shape index (κ1) is 18.4. The van der Waals surface area contributed by atoms with Crippen molar-refractivity contribution in [2.45, 2.75) is 77.7 Å². The van der Waals surface area contributed by atoms with Gasteiger partial charge in [0.2, 0.25) is 5.91 Å². The third-order valence-electron chi connectivity index (χ3n) is 6.03. The Labute approximate surface area is 153 Å². The number of fused-ring (bicyclic) bond motifs is 1. The number of unbranched alkanes of at least 4 members (excludes halogenated alkanes) is 1. The van der Waals surface area contributed by atoms with Crippen LogP contribution in [-0.4, -0.2) is 18.5 Å². The van der Waals surface area contributed by atoms with Gasteiger partial charge in [0.25, 0.3) is 0 Å². The predicted molar refractivity (Wildman–Crippen MR) is 105 cm³/mol. The number of carbonyl (C=O) groups is 1. The SMILES string of the molecule is CCCCC1CCC(C(=O)N2CCc3cc(CC(C)N)ccc32)CC1. The summed E-state index contributed by atoms with van der Waals surface area (Å²) in [5.41, 5.74) is 9.68. The third kappa shape index (κ3) is 4.44. The van der Waals surface area contributed by atoms with Gasteiger partial charge in [-0.1, -0.05) is 38.3 Å². The van der Waals surface area contributed by atoms with Crippen molar-refractivity contribution in [3.63, 3.8) is 0 Å². The molecule has 1 heterocycles.